The quantitative estimate of drug-likeness (QED) is 0.208. The van der Waals surface area contributed by atoms with Crippen LogP contribution in [0, 0.1) is 5.41 Å². The largest absolute Gasteiger partial charge is 0.465 e. The predicted molar refractivity (Wildman–Crippen MR) is 91.0 cm³/mol. The van der Waals surface area contributed by atoms with E-state index >= 15 is 0 Å². The molecule has 9 heteroatoms. The Kier molecular flexibility index (Phi) is 10.5. The zero-order valence-corrected chi connectivity index (χ0v) is 16.1. The molecule has 0 aliphatic heterocycles. The van der Waals surface area contributed by atoms with E-state index in [4.69, 9.17) is 18.5 Å². The first-order valence-corrected chi connectivity index (χ1v) is 9.69. The van der Waals surface area contributed by atoms with Crippen molar-refractivity contribution in [2.45, 2.75) is 40.5 Å². The lowest BCUT2D eigenvalue weighted by Gasteiger charge is -2.28. The third-order valence-electron chi connectivity index (χ3n) is 3.18. The Morgan fingerprint density at radius 3 is 1.68 bits per heavy atom. The number of rotatable bonds is 13. The van der Waals surface area contributed by atoms with E-state index in [-0.39, 0.29) is 32.8 Å². The topological polar surface area (TPSA) is 105 Å². The normalized spacial score (nSPS) is 11.7. The van der Waals surface area contributed by atoms with E-state index in [2.05, 4.69) is 6.58 Å². The van der Waals surface area contributed by atoms with Crippen molar-refractivity contribution in [1.82, 2.24) is 0 Å². The second kappa shape index (κ2) is 11.2. The molecule has 0 radical (unpaired) electrons. The number of allylic oxidation sites excluding steroid dienone is 1. The minimum absolute atomic E-state index is 0.0000968. The first-order valence-electron chi connectivity index (χ1n) is 8.15. The standard InChI is InChI=1S/C16H27O8P/c1-6-11-16(14(18)21-7-2,15(19)22-8-3)12-13(17)25(20,23-9-4)24-10-5/h6H,1,7-12H2,2-5H3. The molecule has 0 aromatic carbocycles. The summed E-state index contributed by atoms with van der Waals surface area (Å²) in [5.74, 6) is -1.89. The van der Waals surface area contributed by atoms with Crippen molar-refractivity contribution in [3.05, 3.63) is 12.7 Å². The molecule has 0 spiro atoms. The second-order valence-corrected chi connectivity index (χ2v) is 6.93. The van der Waals surface area contributed by atoms with Gasteiger partial charge in [0, 0.05) is 6.42 Å². The molecule has 0 aromatic rings. The lowest BCUT2D eigenvalue weighted by Crippen LogP contribution is -2.43. The highest BCUT2D eigenvalue weighted by atomic mass is 31.2. The third kappa shape index (κ3) is 6.06. The average Bonchev–Trinajstić information content (AvgIpc) is 2.55. The van der Waals surface area contributed by atoms with Gasteiger partial charge in [0.25, 0.3) is 0 Å². The Hall–Kier alpha value is -1.50. The number of carbonyl (C=O) groups excluding carboxylic acids is 3. The summed E-state index contributed by atoms with van der Waals surface area (Å²) in [5, 5.41) is 0. The maximum Gasteiger partial charge on any atom is 0.396 e. The zero-order chi connectivity index (χ0) is 19.5. The van der Waals surface area contributed by atoms with Crippen LogP contribution in [0.3, 0.4) is 0 Å². The molecule has 0 aliphatic rings. The molecule has 25 heavy (non-hydrogen) atoms. The van der Waals surface area contributed by atoms with Crippen molar-refractivity contribution in [1.29, 1.82) is 0 Å². The maximum absolute atomic E-state index is 12.6. The van der Waals surface area contributed by atoms with Crippen LogP contribution in [0.25, 0.3) is 0 Å². The highest BCUT2D eigenvalue weighted by molar-refractivity contribution is 7.71. The van der Waals surface area contributed by atoms with Gasteiger partial charge >= 0.3 is 19.5 Å². The molecule has 0 unspecified atom stereocenters. The van der Waals surface area contributed by atoms with Crippen LogP contribution in [-0.2, 0) is 37.5 Å². The lowest BCUT2D eigenvalue weighted by atomic mass is 9.81. The molecule has 0 saturated carbocycles. The Labute approximate surface area is 148 Å². The van der Waals surface area contributed by atoms with Crippen LogP contribution in [0.5, 0.6) is 0 Å². The highest BCUT2D eigenvalue weighted by Gasteiger charge is 2.53. The Morgan fingerprint density at radius 1 is 0.920 bits per heavy atom. The van der Waals surface area contributed by atoms with Gasteiger partial charge < -0.3 is 18.5 Å². The monoisotopic (exact) mass is 378 g/mol. The molecule has 0 saturated heterocycles. The summed E-state index contributed by atoms with van der Waals surface area (Å²) in [6.45, 7) is 9.68. The van der Waals surface area contributed by atoms with Gasteiger partial charge in [-0.1, -0.05) is 6.08 Å². The van der Waals surface area contributed by atoms with Crippen LogP contribution in [0.1, 0.15) is 40.5 Å². The van der Waals surface area contributed by atoms with E-state index in [0.29, 0.717) is 0 Å². The molecule has 0 rings (SSSR count). The van der Waals surface area contributed by atoms with Gasteiger partial charge in [-0.15, -0.1) is 6.58 Å². The predicted octanol–water partition coefficient (Wildman–Crippen LogP) is 2.86. The van der Waals surface area contributed by atoms with E-state index in [1.165, 1.54) is 6.08 Å². The molecular weight excluding hydrogens is 351 g/mol. The van der Waals surface area contributed by atoms with Crippen LogP contribution < -0.4 is 0 Å². The smallest absolute Gasteiger partial charge is 0.396 e. The fourth-order valence-corrected chi connectivity index (χ4v) is 3.63. The van der Waals surface area contributed by atoms with Gasteiger partial charge in [0.15, 0.2) is 5.41 Å². The fraction of sp³-hybridized carbons (Fsp3) is 0.688. The number of esters is 2. The van der Waals surface area contributed by atoms with Crippen LogP contribution in [-0.4, -0.2) is 43.9 Å². The summed E-state index contributed by atoms with van der Waals surface area (Å²) in [5.41, 5.74) is -2.96. The van der Waals surface area contributed by atoms with Crippen molar-refractivity contribution in [2.75, 3.05) is 26.4 Å². The minimum atomic E-state index is -4.14. The van der Waals surface area contributed by atoms with Crippen molar-refractivity contribution in [3.63, 3.8) is 0 Å². The van der Waals surface area contributed by atoms with Gasteiger partial charge in [0.05, 0.1) is 26.4 Å². The highest BCUT2D eigenvalue weighted by Crippen LogP contribution is 2.52. The summed E-state index contributed by atoms with van der Waals surface area (Å²) in [7, 11) is -4.14. The van der Waals surface area contributed by atoms with Gasteiger partial charge in [-0.3, -0.25) is 18.9 Å². The van der Waals surface area contributed by atoms with E-state index in [0.717, 1.165) is 0 Å². The van der Waals surface area contributed by atoms with E-state index in [1.807, 2.05) is 0 Å². The van der Waals surface area contributed by atoms with Crippen molar-refractivity contribution in [3.8, 4) is 0 Å². The van der Waals surface area contributed by atoms with Crippen LogP contribution in [0.2, 0.25) is 0 Å². The molecule has 0 N–H and O–H groups in total. The van der Waals surface area contributed by atoms with Gasteiger partial charge in [0.1, 0.15) is 0 Å². The SMILES string of the molecule is C=CCC(CC(=O)P(=O)(OCC)OCC)(C(=O)OCC)C(=O)OCC. The van der Waals surface area contributed by atoms with Crippen LogP contribution in [0.4, 0.5) is 0 Å². The summed E-state index contributed by atoms with van der Waals surface area (Å²) in [6, 6.07) is 0. The molecule has 144 valence electrons. The Balaban J connectivity index is 5.91. The number of carbonyl (C=O) groups is 3. The van der Waals surface area contributed by atoms with Gasteiger partial charge in [0.2, 0.25) is 5.52 Å². The lowest BCUT2D eigenvalue weighted by molar-refractivity contribution is -0.173. The average molecular weight is 378 g/mol. The maximum atomic E-state index is 12.6. The van der Waals surface area contributed by atoms with E-state index in [9.17, 15) is 18.9 Å². The van der Waals surface area contributed by atoms with Crippen LogP contribution in [0.15, 0.2) is 12.7 Å². The van der Waals surface area contributed by atoms with Crippen molar-refractivity contribution >= 4 is 25.1 Å². The summed E-state index contributed by atoms with van der Waals surface area (Å²) in [6.07, 6.45) is 0.357. The number of hydrogen-bond acceptors (Lipinski definition) is 8. The molecule has 0 amide bonds. The molecule has 0 atom stereocenters. The van der Waals surface area contributed by atoms with Gasteiger partial charge in [-0.05, 0) is 34.1 Å². The van der Waals surface area contributed by atoms with Crippen molar-refractivity contribution in [2.24, 2.45) is 5.41 Å². The van der Waals surface area contributed by atoms with Gasteiger partial charge in [-0.25, -0.2) is 0 Å². The molecule has 8 nitrogen and oxygen atoms in total. The fourth-order valence-electron chi connectivity index (χ4n) is 2.13. The van der Waals surface area contributed by atoms with Gasteiger partial charge in [-0.2, -0.15) is 0 Å². The first kappa shape index (κ1) is 23.5. The van der Waals surface area contributed by atoms with Crippen molar-refractivity contribution < 1.29 is 37.5 Å². The number of ether oxygens (including phenoxy) is 2. The number of hydrogen-bond donors (Lipinski definition) is 0. The minimum Gasteiger partial charge on any atom is -0.465 e. The second-order valence-electron chi connectivity index (χ2n) is 4.92. The molecular formula is C16H27O8P. The Morgan fingerprint density at radius 2 is 1.36 bits per heavy atom. The van der Waals surface area contributed by atoms with Crippen LogP contribution >= 0.6 is 7.60 Å². The third-order valence-corrected chi connectivity index (χ3v) is 5.15. The summed E-state index contributed by atoms with van der Waals surface area (Å²) >= 11 is 0. The zero-order valence-electron chi connectivity index (χ0n) is 15.2. The van der Waals surface area contributed by atoms with E-state index < -0.39 is 36.9 Å². The summed E-state index contributed by atoms with van der Waals surface area (Å²) < 4.78 is 32.5. The molecule has 0 aliphatic carbocycles. The molecule has 0 aromatic heterocycles. The molecule has 0 heterocycles. The molecule has 0 bridgehead atoms. The molecule has 0 fully saturated rings. The van der Waals surface area contributed by atoms with E-state index in [1.54, 1.807) is 27.7 Å². The first-order chi connectivity index (χ1) is 11.8. The summed E-state index contributed by atoms with van der Waals surface area (Å²) in [4.78, 5) is 37.5. The Bertz CT molecular complexity index is 500.